The first-order valence-corrected chi connectivity index (χ1v) is 5.25. The highest BCUT2D eigenvalue weighted by Gasteiger charge is 1.88. The fraction of sp³-hybridized carbons (Fsp3) is 0.385. The Bertz CT molecular complexity index is 272. The van der Waals surface area contributed by atoms with Gasteiger partial charge >= 0.3 is 0 Å². The summed E-state index contributed by atoms with van der Waals surface area (Å²) in [6, 6.07) is 6.58. The van der Waals surface area contributed by atoms with Crippen molar-refractivity contribution < 1.29 is 4.39 Å². The van der Waals surface area contributed by atoms with Crippen LogP contribution in [0.3, 0.4) is 0 Å². The first kappa shape index (κ1) is 11.0. The van der Waals surface area contributed by atoms with Crippen LogP contribution in [0.15, 0.2) is 30.3 Å². The van der Waals surface area contributed by atoms with Crippen molar-refractivity contribution in [1.29, 1.82) is 0 Å². The summed E-state index contributed by atoms with van der Waals surface area (Å²) in [5, 5.41) is 0. The molecule has 0 radical (unpaired) electrons. The molecule has 0 unspecified atom stereocenters. The number of benzene rings is 1. The molecule has 0 saturated heterocycles. The molecule has 0 spiro atoms. The van der Waals surface area contributed by atoms with Crippen LogP contribution < -0.4 is 0 Å². The van der Waals surface area contributed by atoms with Gasteiger partial charge in [-0.05, 0) is 30.5 Å². The van der Waals surface area contributed by atoms with Gasteiger partial charge in [0.25, 0.3) is 0 Å². The van der Waals surface area contributed by atoms with E-state index in [2.05, 4.69) is 19.1 Å². The largest absolute Gasteiger partial charge is 0.207 e. The Balaban J connectivity index is 2.33. The second-order valence-corrected chi connectivity index (χ2v) is 3.45. The summed E-state index contributed by atoms with van der Waals surface area (Å²) >= 11 is 0. The Morgan fingerprint density at radius 3 is 2.50 bits per heavy atom. The molecule has 0 atom stereocenters. The van der Waals surface area contributed by atoms with E-state index in [0.717, 1.165) is 12.0 Å². The molecule has 0 aliphatic carbocycles. The maximum atomic E-state index is 12.6. The topological polar surface area (TPSA) is 0 Å². The average molecular weight is 192 g/mol. The number of allylic oxidation sites excluding steroid dienone is 1. The summed E-state index contributed by atoms with van der Waals surface area (Å²) in [7, 11) is 0. The molecule has 14 heavy (non-hydrogen) atoms. The lowest BCUT2D eigenvalue weighted by Crippen LogP contribution is -1.75. The van der Waals surface area contributed by atoms with E-state index in [1.807, 2.05) is 0 Å². The minimum atomic E-state index is -0.173. The SMILES string of the molecule is CCCCC/C=C/c1ccc(F)cc1. The van der Waals surface area contributed by atoms with Crippen LogP contribution in [-0.2, 0) is 0 Å². The molecule has 0 aliphatic heterocycles. The van der Waals surface area contributed by atoms with E-state index in [1.54, 1.807) is 12.1 Å². The summed E-state index contributed by atoms with van der Waals surface area (Å²) < 4.78 is 12.6. The van der Waals surface area contributed by atoms with E-state index >= 15 is 0 Å². The molecule has 1 heteroatoms. The smallest absolute Gasteiger partial charge is 0.123 e. The molecule has 0 amide bonds. The molecule has 76 valence electrons. The molecule has 0 nitrogen and oxygen atoms in total. The van der Waals surface area contributed by atoms with E-state index < -0.39 is 0 Å². The molecule has 1 aromatic carbocycles. The Kier molecular flexibility index (Phi) is 4.98. The normalized spacial score (nSPS) is 11.0. The minimum absolute atomic E-state index is 0.173. The monoisotopic (exact) mass is 192 g/mol. The highest BCUT2D eigenvalue weighted by molar-refractivity contribution is 5.48. The Morgan fingerprint density at radius 2 is 1.86 bits per heavy atom. The zero-order valence-corrected chi connectivity index (χ0v) is 8.67. The molecule has 0 fully saturated rings. The van der Waals surface area contributed by atoms with Crippen LogP contribution in [0.5, 0.6) is 0 Å². The summed E-state index contributed by atoms with van der Waals surface area (Å²) in [6.07, 6.45) is 9.11. The number of halogens is 1. The first-order valence-electron chi connectivity index (χ1n) is 5.25. The molecule has 1 aromatic rings. The van der Waals surface area contributed by atoms with Gasteiger partial charge in [-0.25, -0.2) is 4.39 Å². The molecule has 0 N–H and O–H groups in total. The third-order valence-corrected chi connectivity index (χ3v) is 2.15. The molecule has 0 saturated carbocycles. The molecule has 0 heterocycles. The van der Waals surface area contributed by atoms with Crippen molar-refractivity contribution in [2.24, 2.45) is 0 Å². The van der Waals surface area contributed by atoms with Gasteiger partial charge in [-0.3, -0.25) is 0 Å². The number of hydrogen-bond donors (Lipinski definition) is 0. The van der Waals surface area contributed by atoms with E-state index in [0.29, 0.717) is 0 Å². The Hall–Kier alpha value is -1.11. The Morgan fingerprint density at radius 1 is 1.14 bits per heavy atom. The van der Waals surface area contributed by atoms with Crippen LogP contribution >= 0.6 is 0 Å². The molecular formula is C13H17F. The van der Waals surface area contributed by atoms with Gasteiger partial charge in [0.05, 0.1) is 0 Å². The number of rotatable bonds is 5. The van der Waals surface area contributed by atoms with E-state index in [9.17, 15) is 4.39 Å². The van der Waals surface area contributed by atoms with Gasteiger partial charge in [-0.15, -0.1) is 0 Å². The van der Waals surface area contributed by atoms with Gasteiger partial charge in [0.1, 0.15) is 5.82 Å². The quantitative estimate of drug-likeness (QED) is 0.606. The van der Waals surface area contributed by atoms with Crippen molar-refractivity contribution in [3.63, 3.8) is 0 Å². The molecule has 0 aromatic heterocycles. The zero-order chi connectivity index (χ0) is 10.2. The maximum absolute atomic E-state index is 12.6. The first-order chi connectivity index (χ1) is 6.83. The van der Waals surface area contributed by atoms with Crippen LogP contribution in [0.4, 0.5) is 4.39 Å². The second kappa shape index (κ2) is 6.36. The van der Waals surface area contributed by atoms with Gasteiger partial charge in [0, 0.05) is 0 Å². The number of hydrogen-bond acceptors (Lipinski definition) is 0. The average Bonchev–Trinajstić information content (AvgIpc) is 2.21. The van der Waals surface area contributed by atoms with Crippen LogP contribution in [0.25, 0.3) is 6.08 Å². The summed E-state index contributed by atoms with van der Waals surface area (Å²) in [6.45, 7) is 2.20. The van der Waals surface area contributed by atoms with Gasteiger partial charge in [0.15, 0.2) is 0 Å². The third-order valence-electron chi connectivity index (χ3n) is 2.15. The standard InChI is InChI=1S/C13H17F/c1-2-3-4-5-6-7-12-8-10-13(14)11-9-12/h6-11H,2-5H2,1H3/b7-6+. The zero-order valence-electron chi connectivity index (χ0n) is 8.67. The highest BCUT2D eigenvalue weighted by Crippen LogP contribution is 2.06. The van der Waals surface area contributed by atoms with Crippen LogP contribution in [0, 0.1) is 5.82 Å². The van der Waals surface area contributed by atoms with E-state index in [1.165, 1.54) is 31.4 Å². The van der Waals surface area contributed by atoms with Gasteiger partial charge < -0.3 is 0 Å². The predicted octanol–water partition coefficient (Wildman–Crippen LogP) is 4.42. The van der Waals surface area contributed by atoms with E-state index in [4.69, 9.17) is 0 Å². The van der Waals surface area contributed by atoms with E-state index in [-0.39, 0.29) is 5.82 Å². The van der Waals surface area contributed by atoms with Gasteiger partial charge in [-0.2, -0.15) is 0 Å². The van der Waals surface area contributed by atoms with Crippen molar-refractivity contribution in [3.05, 3.63) is 41.7 Å². The summed E-state index contributed by atoms with van der Waals surface area (Å²) in [5.74, 6) is -0.173. The van der Waals surface area contributed by atoms with Crippen molar-refractivity contribution in [3.8, 4) is 0 Å². The molecule has 0 bridgehead atoms. The lowest BCUT2D eigenvalue weighted by atomic mass is 10.1. The van der Waals surface area contributed by atoms with Crippen molar-refractivity contribution >= 4 is 6.08 Å². The summed E-state index contributed by atoms with van der Waals surface area (Å²) in [4.78, 5) is 0. The fourth-order valence-corrected chi connectivity index (χ4v) is 1.31. The van der Waals surface area contributed by atoms with Crippen molar-refractivity contribution in [2.75, 3.05) is 0 Å². The molecule has 1 rings (SSSR count). The van der Waals surface area contributed by atoms with Crippen molar-refractivity contribution in [2.45, 2.75) is 32.6 Å². The van der Waals surface area contributed by atoms with Gasteiger partial charge in [0.2, 0.25) is 0 Å². The Labute approximate surface area is 85.5 Å². The van der Waals surface area contributed by atoms with Crippen LogP contribution in [0.1, 0.15) is 38.2 Å². The lowest BCUT2D eigenvalue weighted by molar-refractivity contribution is 0.628. The maximum Gasteiger partial charge on any atom is 0.123 e. The molecular weight excluding hydrogens is 175 g/mol. The fourth-order valence-electron chi connectivity index (χ4n) is 1.31. The number of unbranched alkanes of at least 4 members (excludes halogenated alkanes) is 3. The second-order valence-electron chi connectivity index (χ2n) is 3.45. The van der Waals surface area contributed by atoms with Gasteiger partial charge in [-0.1, -0.05) is 44.1 Å². The van der Waals surface area contributed by atoms with Crippen LogP contribution in [-0.4, -0.2) is 0 Å². The minimum Gasteiger partial charge on any atom is -0.207 e. The molecule has 0 aliphatic rings. The third kappa shape index (κ3) is 4.22. The lowest BCUT2D eigenvalue weighted by Gasteiger charge is -1.94. The summed E-state index contributed by atoms with van der Waals surface area (Å²) in [5.41, 5.74) is 1.07. The van der Waals surface area contributed by atoms with Crippen molar-refractivity contribution in [1.82, 2.24) is 0 Å². The highest BCUT2D eigenvalue weighted by atomic mass is 19.1. The van der Waals surface area contributed by atoms with Crippen LogP contribution in [0.2, 0.25) is 0 Å². The predicted molar refractivity (Wildman–Crippen MR) is 59.6 cm³/mol.